The topological polar surface area (TPSA) is 76.1 Å². The minimum Gasteiger partial charge on any atom is -0.381 e. The van der Waals surface area contributed by atoms with Gasteiger partial charge in [-0.1, -0.05) is 17.7 Å². The SMILES string of the molecule is O=C(Cc1cc(-c2cccc(NCC3CCOCC3)n2)c(Cl)cn1)[C@H]1CNC[C@@H](F)C1. The summed E-state index contributed by atoms with van der Waals surface area (Å²) in [7, 11) is 0. The van der Waals surface area contributed by atoms with Crippen molar-refractivity contribution in [3.05, 3.63) is 41.2 Å². The lowest BCUT2D eigenvalue weighted by molar-refractivity contribution is -0.123. The fraction of sp³-hybridized carbons (Fsp3) is 0.522. The fourth-order valence-corrected chi connectivity index (χ4v) is 4.32. The van der Waals surface area contributed by atoms with Crippen LogP contribution < -0.4 is 10.6 Å². The first kappa shape index (κ1) is 22.1. The molecule has 2 aromatic rings. The van der Waals surface area contributed by atoms with E-state index in [-0.39, 0.29) is 24.5 Å². The Hall–Kier alpha value is -2.09. The van der Waals surface area contributed by atoms with Crippen molar-refractivity contribution in [2.75, 3.05) is 38.2 Å². The van der Waals surface area contributed by atoms with Gasteiger partial charge in [0.2, 0.25) is 0 Å². The first-order chi connectivity index (χ1) is 15.1. The van der Waals surface area contributed by atoms with Gasteiger partial charge in [0.05, 0.1) is 10.7 Å². The Kier molecular flexibility index (Phi) is 7.48. The van der Waals surface area contributed by atoms with Gasteiger partial charge in [0.1, 0.15) is 17.8 Å². The second kappa shape index (κ2) is 10.5. The molecule has 0 amide bonds. The molecule has 0 bridgehead atoms. The minimum absolute atomic E-state index is 0.00420. The lowest BCUT2D eigenvalue weighted by Crippen LogP contribution is -2.41. The zero-order chi connectivity index (χ0) is 21.6. The number of nitrogens with one attached hydrogen (secondary N) is 2. The number of carbonyl (C=O) groups is 1. The highest BCUT2D eigenvalue weighted by Gasteiger charge is 2.27. The highest BCUT2D eigenvalue weighted by Crippen LogP contribution is 2.28. The number of nitrogens with zero attached hydrogens (tertiary/aromatic N) is 2. The van der Waals surface area contributed by atoms with E-state index in [1.807, 2.05) is 24.3 Å². The maximum Gasteiger partial charge on any atom is 0.143 e. The number of Topliss-reactive ketones (excluding diaryl/α,β-unsaturated/α-hetero) is 1. The molecule has 2 aromatic heterocycles. The first-order valence-electron chi connectivity index (χ1n) is 10.9. The molecule has 4 rings (SSSR count). The molecule has 4 heterocycles. The van der Waals surface area contributed by atoms with Crippen LogP contribution >= 0.6 is 11.6 Å². The molecule has 0 spiro atoms. The number of ether oxygens (including phenoxy) is 1. The Morgan fingerprint density at radius 3 is 2.94 bits per heavy atom. The third-order valence-electron chi connectivity index (χ3n) is 5.96. The molecule has 0 aliphatic carbocycles. The van der Waals surface area contributed by atoms with Crippen LogP contribution in [-0.4, -0.2) is 54.8 Å². The molecule has 2 aliphatic heterocycles. The molecular formula is C23H28ClFN4O2. The van der Waals surface area contributed by atoms with Crippen LogP contribution in [0.4, 0.5) is 10.2 Å². The molecule has 2 fully saturated rings. The molecule has 0 radical (unpaired) electrons. The van der Waals surface area contributed by atoms with Crippen molar-refractivity contribution < 1.29 is 13.9 Å². The monoisotopic (exact) mass is 446 g/mol. The molecule has 2 N–H and O–H groups in total. The largest absolute Gasteiger partial charge is 0.381 e. The lowest BCUT2D eigenvalue weighted by Gasteiger charge is -2.24. The third-order valence-corrected chi connectivity index (χ3v) is 6.26. The van der Waals surface area contributed by atoms with Crippen molar-refractivity contribution in [1.29, 1.82) is 0 Å². The summed E-state index contributed by atoms with van der Waals surface area (Å²) in [5.41, 5.74) is 2.08. The van der Waals surface area contributed by atoms with E-state index in [2.05, 4.69) is 15.6 Å². The number of ketones is 1. The summed E-state index contributed by atoms with van der Waals surface area (Å²) in [6.45, 7) is 3.32. The number of halogens is 2. The quantitative estimate of drug-likeness (QED) is 0.675. The van der Waals surface area contributed by atoms with Crippen LogP contribution in [-0.2, 0) is 16.0 Å². The molecule has 31 heavy (non-hydrogen) atoms. The van der Waals surface area contributed by atoms with Gasteiger partial charge in [0.25, 0.3) is 0 Å². The normalized spacial score (nSPS) is 22.3. The average molecular weight is 447 g/mol. The molecular weight excluding hydrogens is 419 g/mol. The van der Waals surface area contributed by atoms with Gasteiger partial charge < -0.3 is 15.4 Å². The van der Waals surface area contributed by atoms with Gasteiger partial charge in [-0.05, 0) is 43.4 Å². The summed E-state index contributed by atoms with van der Waals surface area (Å²) in [5.74, 6) is 1.05. The number of hydrogen-bond donors (Lipinski definition) is 2. The molecule has 2 saturated heterocycles. The Labute approximate surface area is 187 Å². The Balaban J connectivity index is 1.44. The van der Waals surface area contributed by atoms with E-state index in [4.69, 9.17) is 21.3 Å². The lowest BCUT2D eigenvalue weighted by atomic mass is 9.91. The smallest absolute Gasteiger partial charge is 0.143 e. The molecule has 0 unspecified atom stereocenters. The highest BCUT2D eigenvalue weighted by molar-refractivity contribution is 6.33. The van der Waals surface area contributed by atoms with Crippen molar-refractivity contribution in [3.8, 4) is 11.3 Å². The van der Waals surface area contributed by atoms with Gasteiger partial charge in [0, 0.05) is 62.6 Å². The number of pyridine rings is 2. The predicted molar refractivity (Wildman–Crippen MR) is 119 cm³/mol. The molecule has 166 valence electrons. The molecule has 0 aromatic carbocycles. The fourth-order valence-electron chi connectivity index (χ4n) is 4.12. The maximum absolute atomic E-state index is 13.6. The molecule has 2 atom stereocenters. The summed E-state index contributed by atoms with van der Waals surface area (Å²) in [6.07, 6.45) is 3.12. The number of aromatic nitrogens is 2. The molecule has 6 nitrogen and oxygen atoms in total. The van der Waals surface area contributed by atoms with Gasteiger partial charge in [-0.15, -0.1) is 0 Å². The number of hydrogen-bond acceptors (Lipinski definition) is 6. The van der Waals surface area contributed by atoms with Crippen LogP contribution in [0.3, 0.4) is 0 Å². The summed E-state index contributed by atoms with van der Waals surface area (Å²) < 4.78 is 19.0. The van der Waals surface area contributed by atoms with Crippen LogP contribution in [0.2, 0.25) is 5.02 Å². The zero-order valence-electron chi connectivity index (χ0n) is 17.4. The van der Waals surface area contributed by atoms with Crippen molar-refractivity contribution in [2.45, 2.75) is 31.9 Å². The maximum atomic E-state index is 13.6. The second-order valence-electron chi connectivity index (χ2n) is 8.33. The zero-order valence-corrected chi connectivity index (χ0v) is 18.2. The van der Waals surface area contributed by atoms with Crippen molar-refractivity contribution >= 4 is 23.2 Å². The van der Waals surface area contributed by atoms with E-state index in [1.54, 1.807) is 6.20 Å². The summed E-state index contributed by atoms with van der Waals surface area (Å²) >= 11 is 6.40. The van der Waals surface area contributed by atoms with Crippen LogP contribution in [0, 0.1) is 11.8 Å². The van der Waals surface area contributed by atoms with Crippen LogP contribution in [0.25, 0.3) is 11.3 Å². The molecule has 8 heteroatoms. The van der Waals surface area contributed by atoms with E-state index >= 15 is 0 Å². The van der Waals surface area contributed by atoms with E-state index < -0.39 is 6.17 Å². The van der Waals surface area contributed by atoms with E-state index in [0.717, 1.165) is 49.7 Å². The van der Waals surface area contributed by atoms with Crippen molar-refractivity contribution in [1.82, 2.24) is 15.3 Å². The second-order valence-corrected chi connectivity index (χ2v) is 8.74. The number of piperidine rings is 1. The Morgan fingerprint density at radius 2 is 2.13 bits per heavy atom. The Bertz CT molecular complexity index is 907. The van der Waals surface area contributed by atoms with E-state index in [9.17, 15) is 9.18 Å². The number of rotatable bonds is 7. The van der Waals surface area contributed by atoms with Gasteiger partial charge >= 0.3 is 0 Å². The number of carbonyl (C=O) groups excluding carboxylic acids is 1. The summed E-state index contributed by atoms with van der Waals surface area (Å²) in [4.78, 5) is 21.6. The van der Waals surface area contributed by atoms with Crippen molar-refractivity contribution in [3.63, 3.8) is 0 Å². The van der Waals surface area contributed by atoms with E-state index in [1.165, 1.54) is 0 Å². The standard InChI is InChI=1S/C23H28ClFN4O2/c24-20-14-27-18(10-22(30)16-8-17(25)13-26-12-16)9-19(20)21-2-1-3-23(29-21)28-11-15-4-6-31-7-5-15/h1-3,9,14-17,26H,4-8,10-13H2,(H,28,29)/t16-,17+/m1/s1. The van der Waals surface area contributed by atoms with Gasteiger partial charge in [-0.25, -0.2) is 9.37 Å². The molecule has 0 saturated carbocycles. The number of alkyl halides is 1. The van der Waals surface area contributed by atoms with Crippen LogP contribution in [0.15, 0.2) is 30.5 Å². The summed E-state index contributed by atoms with van der Waals surface area (Å²) in [6, 6.07) is 7.58. The van der Waals surface area contributed by atoms with Gasteiger partial charge in [-0.2, -0.15) is 0 Å². The molecule has 2 aliphatic rings. The van der Waals surface area contributed by atoms with Gasteiger partial charge in [0.15, 0.2) is 0 Å². The first-order valence-corrected chi connectivity index (χ1v) is 11.3. The third kappa shape index (κ3) is 5.99. The van der Waals surface area contributed by atoms with Gasteiger partial charge in [-0.3, -0.25) is 9.78 Å². The average Bonchev–Trinajstić information content (AvgIpc) is 2.80. The minimum atomic E-state index is -0.975. The van der Waals surface area contributed by atoms with Crippen molar-refractivity contribution in [2.24, 2.45) is 11.8 Å². The van der Waals surface area contributed by atoms with Crippen LogP contribution in [0.5, 0.6) is 0 Å². The Morgan fingerprint density at radius 1 is 1.29 bits per heavy atom. The van der Waals surface area contributed by atoms with E-state index in [0.29, 0.717) is 29.7 Å². The number of anilines is 1. The van der Waals surface area contributed by atoms with Crippen LogP contribution in [0.1, 0.15) is 25.0 Å². The highest BCUT2D eigenvalue weighted by atomic mass is 35.5. The summed E-state index contributed by atoms with van der Waals surface area (Å²) in [5, 5.41) is 6.87. The predicted octanol–water partition coefficient (Wildman–Crippen LogP) is 3.69.